The summed E-state index contributed by atoms with van der Waals surface area (Å²) in [4.78, 5) is 0. The Kier molecular flexibility index (Phi) is 5.95. The minimum atomic E-state index is -0.147. The predicted molar refractivity (Wildman–Crippen MR) is 70.3 cm³/mol. The molecule has 0 aromatic carbocycles. The van der Waals surface area contributed by atoms with Crippen LogP contribution in [-0.4, -0.2) is 33.6 Å². The number of hydrogen-bond donors (Lipinski definition) is 2. The summed E-state index contributed by atoms with van der Waals surface area (Å²) in [6.07, 6.45) is 6.30. The van der Waals surface area contributed by atoms with Crippen molar-refractivity contribution in [3.05, 3.63) is 17.4 Å². The molecule has 2 N–H and O–H groups in total. The molecule has 0 radical (unpaired) electrons. The number of likely N-dealkylation sites (N-methyl/N-ethyl adjacent to an activating group) is 1. The first-order valence-electron chi connectivity index (χ1n) is 6.19. The lowest BCUT2D eigenvalue weighted by molar-refractivity contribution is 0.144. The van der Waals surface area contributed by atoms with Crippen molar-refractivity contribution in [2.24, 2.45) is 0 Å². The van der Waals surface area contributed by atoms with Gasteiger partial charge in [-0.2, -0.15) is 5.10 Å². The molecule has 1 aromatic heterocycles. The molecule has 0 aliphatic rings. The van der Waals surface area contributed by atoms with Crippen LogP contribution in [0.2, 0.25) is 5.02 Å². The Labute approximate surface area is 108 Å². The molecule has 17 heavy (non-hydrogen) atoms. The fraction of sp³-hybridized carbons (Fsp3) is 0.750. The molecule has 0 aliphatic carbocycles. The quantitative estimate of drug-likeness (QED) is 0.752. The molecule has 0 bridgehead atoms. The molecule has 98 valence electrons. The summed E-state index contributed by atoms with van der Waals surface area (Å²) in [6, 6.07) is 0. The van der Waals surface area contributed by atoms with E-state index in [0.29, 0.717) is 5.02 Å². The molecule has 4 nitrogen and oxygen atoms in total. The van der Waals surface area contributed by atoms with Crippen molar-refractivity contribution < 1.29 is 5.11 Å². The fourth-order valence-electron chi connectivity index (χ4n) is 2.05. The lowest BCUT2D eigenvalue weighted by Crippen LogP contribution is -2.48. The largest absolute Gasteiger partial charge is 0.394 e. The first-order chi connectivity index (χ1) is 8.15. The van der Waals surface area contributed by atoms with Crippen molar-refractivity contribution in [2.45, 2.75) is 45.2 Å². The van der Waals surface area contributed by atoms with Gasteiger partial charge in [0.05, 0.1) is 17.8 Å². The summed E-state index contributed by atoms with van der Waals surface area (Å²) in [7, 11) is 0. The second kappa shape index (κ2) is 6.99. The highest BCUT2D eigenvalue weighted by Crippen LogP contribution is 2.17. The van der Waals surface area contributed by atoms with Crippen molar-refractivity contribution in [3.63, 3.8) is 0 Å². The highest BCUT2D eigenvalue weighted by molar-refractivity contribution is 6.30. The minimum Gasteiger partial charge on any atom is -0.394 e. The number of rotatable bonds is 8. The van der Waals surface area contributed by atoms with E-state index in [2.05, 4.69) is 24.3 Å². The van der Waals surface area contributed by atoms with Crippen LogP contribution in [0.25, 0.3) is 0 Å². The number of aliphatic hydroxyl groups excluding tert-OH is 1. The van der Waals surface area contributed by atoms with Gasteiger partial charge in [-0.25, -0.2) is 0 Å². The fourth-order valence-corrected chi connectivity index (χ4v) is 2.21. The second-order valence-corrected chi connectivity index (χ2v) is 4.78. The number of nitrogens with one attached hydrogen (secondary N) is 1. The zero-order valence-electron chi connectivity index (χ0n) is 10.6. The topological polar surface area (TPSA) is 50.1 Å². The second-order valence-electron chi connectivity index (χ2n) is 4.35. The lowest BCUT2D eigenvalue weighted by atomic mass is 9.91. The molecule has 0 aliphatic heterocycles. The van der Waals surface area contributed by atoms with Crippen molar-refractivity contribution in [2.75, 3.05) is 13.2 Å². The van der Waals surface area contributed by atoms with Gasteiger partial charge in [0.15, 0.2) is 0 Å². The van der Waals surface area contributed by atoms with E-state index >= 15 is 0 Å². The smallest absolute Gasteiger partial charge is 0.0785 e. The number of aliphatic hydroxyl groups is 1. The van der Waals surface area contributed by atoms with Gasteiger partial charge in [-0.15, -0.1) is 0 Å². The predicted octanol–water partition coefficient (Wildman–Crippen LogP) is 2.07. The first-order valence-corrected chi connectivity index (χ1v) is 6.57. The Morgan fingerprint density at radius 2 is 2.29 bits per heavy atom. The van der Waals surface area contributed by atoms with E-state index in [4.69, 9.17) is 11.6 Å². The van der Waals surface area contributed by atoms with E-state index in [9.17, 15) is 5.11 Å². The standard InChI is InChI=1S/C12H22ClN3O/c1-3-12(10-17,14-4-2)6-5-7-16-9-11(13)8-15-16/h8-9,14,17H,3-7,10H2,1-2H3. The Morgan fingerprint density at radius 1 is 1.53 bits per heavy atom. The van der Waals surface area contributed by atoms with Gasteiger partial charge in [0, 0.05) is 18.3 Å². The Balaban J connectivity index is 2.41. The van der Waals surface area contributed by atoms with Crippen LogP contribution in [0.4, 0.5) is 0 Å². The molecule has 0 saturated carbocycles. The van der Waals surface area contributed by atoms with Gasteiger partial charge in [-0.3, -0.25) is 4.68 Å². The van der Waals surface area contributed by atoms with Crippen LogP contribution in [0.1, 0.15) is 33.1 Å². The van der Waals surface area contributed by atoms with E-state index in [1.807, 2.05) is 10.9 Å². The zero-order chi connectivity index (χ0) is 12.7. The summed E-state index contributed by atoms with van der Waals surface area (Å²) >= 11 is 5.80. The first kappa shape index (κ1) is 14.5. The third-order valence-corrected chi connectivity index (χ3v) is 3.37. The maximum Gasteiger partial charge on any atom is 0.0785 e. The van der Waals surface area contributed by atoms with Crippen molar-refractivity contribution in [3.8, 4) is 0 Å². The molecule has 0 amide bonds. The maximum atomic E-state index is 9.50. The maximum absolute atomic E-state index is 9.50. The molecule has 1 aromatic rings. The molecular weight excluding hydrogens is 238 g/mol. The van der Waals surface area contributed by atoms with Crippen LogP contribution in [0, 0.1) is 0 Å². The van der Waals surface area contributed by atoms with Gasteiger partial charge >= 0.3 is 0 Å². The number of halogens is 1. The van der Waals surface area contributed by atoms with Crippen LogP contribution in [0.5, 0.6) is 0 Å². The van der Waals surface area contributed by atoms with E-state index in [-0.39, 0.29) is 12.1 Å². The summed E-state index contributed by atoms with van der Waals surface area (Å²) in [5.41, 5.74) is -0.147. The summed E-state index contributed by atoms with van der Waals surface area (Å²) in [6.45, 7) is 6.05. The minimum absolute atomic E-state index is 0.147. The van der Waals surface area contributed by atoms with Crippen LogP contribution >= 0.6 is 11.6 Å². The monoisotopic (exact) mass is 259 g/mol. The van der Waals surface area contributed by atoms with Crippen LogP contribution in [-0.2, 0) is 6.54 Å². The van der Waals surface area contributed by atoms with Gasteiger partial charge in [0.25, 0.3) is 0 Å². The molecular formula is C12H22ClN3O. The number of nitrogens with zero attached hydrogens (tertiary/aromatic N) is 2. The molecule has 0 fully saturated rings. The lowest BCUT2D eigenvalue weighted by Gasteiger charge is -2.31. The van der Waals surface area contributed by atoms with Crippen LogP contribution < -0.4 is 5.32 Å². The molecule has 1 unspecified atom stereocenters. The highest BCUT2D eigenvalue weighted by Gasteiger charge is 2.25. The van der Waals surface area contributed by atoms with Gasteiger partial charge in [-0.1, -0.05) is 25.4 Å². The molecule has 1 atom stereocenters. The molecule has 1 heterocycles. The van der Waals surface area contributed by atoms with Gasteiger partial charge in [-0.05, 0) is 25.8 Å². The van der Waals surface area contributed by atoms with E-state index in [0.717, 1.165) is 32.4 Å². The molecule has 1 rings (SSSR count). The van der Waals surface area contributed by atoms with Crippen molar-refractivity contribution in [1.82, 2.24) is 15.1 Å². The normalized spacial score (nSPS) is 14.8. The van der Waals surface area contributed by atoms with E-state index in [1.54, 1.807) is 6.20 Å². The Hall–Kier alpha value is -0.580. The molecule has 0 saturated heterocycles. The van der Waals surface area contributed by atoms with E-state index in [1.165, 1.54) is 0 Å². The number of aryl methyl sites for hydroxylation is 1. The Morgan fingerprint density at radius 3 is 2.76 bits per heavy atom. The third kappa shape index (κ3) is 4.30. The average Bonchev–Trinajstić information content (AvgIpc) is 2.74. The van der Waals surface area contributed by atoms with Gasteiger partial charge < -0.3 is 10.4 Å². The summed E-state index contributed by atoms with van der Waals surface area (Å²) < 4.78 is 1.84. The van der Waals surface area contributed by atoms with Crippen molar-refractivity contribution in [1.29, 1.82) is 0 Å². The van der Waals surface area contributed by atoms with Crippen LogP contribution in [0.15, 0.2) is 12.4 Å². The summed E-state index contributed by atoms with van der Waals surface area (Å²) in [5, 5.41) is 17.7. The van der Waals surface area contributed by atoms with Gasteiger partial charge in [0.2, 0.25) is 0 Å². The number of aromatic nitrogens is 2. The molecule has 0 spiro atoms. The highest BCUT2D eigenvalue weighted by atomic mass is 35.5. The van der Waals surface area contributed by atoms with Crippen LogP contribution in [0.3, 0.4) is 0 Å². The average molecular weight is 260 g/mol. The van der Waals surface area contributed by atoms with Gasteiger partial charge in [0.1, 0.15) is 0 Å². The zero-order valence-corrected chi connectivity index (χ0v) is 11.4. The summed E-state index contributed by atoms with van der Waals surface area (Å²) in [5.74, 6) is 0. The third-order valence-electron chi connectivity index (χ3n) is 3.18. The van der Waals surface area contributed by atoms with Crippen molar-refractivity contribution >= 4 is 11.6 Å². The SMILES string of the molecule is CCNC(CC)(CO)CCCn1cc(Cl)cn1. The molecule has 5 heteroatoms. The Bertz CT molecular complexity index is 323. The van der Waals surface area contributed by atoms with E-state index < -0.39 is 0 Å². The number of hydrogen-bond acceptors (Lipinski definition) is 3.